The largest absolute Gasteiger partial charge is 0.487 e. The van der Waals surface area contributed by atoms with Crippen LogP contribution >= 0.6 is 0 Å². The summed E-state index contributed by atoms with van der Waals surface area (Å²) >= 11 is 0. The molecule has 3 fully saturated rings. The van der Waals surface area contributed by atoms with Crippen molar-refractivity contribution in [3.05, 3.63) is 29.8 Å². The molecule has 0 bridgehead atoms. The number of aliphatic hydroxyl groups is 1. The number of rotatable bonds is 11. The first-order valence-corrected chi connectivity index (χ1v) is 8.84. The predicted molar refractivity (Wildman–Crippen MR) is 91.9 cm³/mol. The molecule has 0 radical (unpaired) electrons. The van der Waals surface area contributed by atoms with Crippen LogP contribution in [0, 0.1) is 0 Å². The number of epoxide rings is 3. The molecule has 7 heteroatoms. The zero-order valence-electron chi connectivity index (χ0n) is 14.8. The molecule has 4 unspecified atom stereocenters. The minimum absolute atomic E-state index is 0.105. The predicted octanol–water partition coefficient (Wildman–Crippen LogP) is 1.63. The van der Waals surface area contributed by atoms with Crippen molar-refractivity contribution in [2.24, 2.45) is 0 Å². The molecule has 7 nitrogen and oxygen atoms in total. The summed E-state index contributed by atoms with van der Waals surface area (Å²) in [7, 11) is 0. The van der Waals surface area contributed by atoms with Gasteiger partial charge in [0.2, 0.25) is 5.75 Å². The first-order chi connectivity index (χ1) is 12.6. The summed E-state index contributed by atoms with van der Waals surface area (Å²) in [5.74, 6) is 1.55. The summed E-state index contributed by atoms with van der Waals surface area (Å²) in [5, 5.41) is 10.4. The molecular weight excluding hydrogens is 340 g/mol. The molecule has 1 N–H and O–H groups in total. The van der Waals surface area contributed by atoms with Crippen molar-refractivity contribution in [2.45, 2.75) is 31.3 Å². The van der Waals surface area contributed by atoms with Gasteiger partial charge in [-0.25, -0.2) is 0 Å². The highest BCUT2D eigenvalue weighted by Crippen LogP contribution is 2.42. The molecule has 0 aromatic heterocycles. The molecule has 4 rings (SSSR count). The quantitative estimate of drug-likeness (QED) is 0.472. The van der Waals surface area contributed by atoms with Gasteiger partial charge < -0.3 is 33.5 Å². The van der Waals surface area contributed by atoms with Crippen molar-refractivity contribution in [1.29, 1.82) is 0 Å². The number of aliphatic hydroxyl groups excluding tert-OH is 1. The highest BCUT2D eigenvalue weighted by Gasteiger charge is 2.29. The van der Waals surface area contributed by atoms with Crippen molar-refractivity contribution in [3.63, 3.8) is 0 Å². The van der Waals surface area contributed by atoms with Crippen LogP contribution in [-0.2, 0) is 14.2 Å². The maximum absolute atomic E-state index is 10.4. The Morgan fingerprint density at radius 1 is 1.00 bits per heavy atom. The Labute approximate surface area is 152 Å². The zero-order chi connectivity index (χ0) is 18.1. The van der Waals surface area contributed by atoms with E-state index in [4.69, 9.17) is 28.4 Å². The van der Waals surface area contributed by atoms with E-state index in [0.717, 1.165) is 0 Å². The summed E-state index contributed by atoms with van der Waals surface area (Å²) in [6.07, 6.45) is -0.494. The fourth-order valence-corrected chi connectivity index (χ4v) is 2.43. The van der Waals surface area contributed by atoms with Gasteiger partial charge in [0.1, 0.15) is 38.1 Å². The van der Waals surface area contributed by atoms with Crippen LogP contribution in [0.25, 0.3) is 0 Å². The summed E-state index contributed by atoms with van der Waals surface area (Å²) in [4.78, 5) is 0. The van der Waals surface area contributed by atoms with Crippen molar-refractivity contribution in [2.75, 3.05) is 39.6 Å². The minimum Gasteiger partial charge on any atom is -0.487 e. The monoisotopic (exact) mass is 364 g/mol. The van der Waals surface area contributed by atoms with E-state index in [1.165, 1.54) is 0 Å². The smallest absolute Gasteiger partial charge is 0.203 e. The Morgan fingerprint density at radius 2 is 1.42 bits per heavy atom. The molecule has 3 heterocycles. The van der Waals surface area contributed by atoms with Gasteiger partial charge in [0.25, 0.3) is 0 Å². The molecular formula is C19H24O7. The SMILES string of the molecule is C=C(C)C(O)c1cc(OCC2CO2)c(OCC2CO2)c(OCC2CO2)c1. The minimum atomic E-state index is -0.810. The molecule has 0 aliphatic carbocycles. The lowest BCUT2D eigenvalue weighted by molar-refractivity contribution is 0.200. The van der Waals surface area contributed by atoms with E-state index in [0.29, 0.717) is 68.0 Å². The number of hydrogen-bond acceptors (Lipinski definition) is 7. The lowest BCUT2D eigenvalue weighted by atomic mass is 10.0. The lowest BCUT2D eigenvalue weighted by Crippen LogP contribution is -2.12. The molecule has 0 saturated carbocycles. The molecule has 1 aromatic rings. The normalized spacial score (nSPS) is 26.8. The van der Waals surface area contributed by atoms with E-state index in [1.54, 1.807) is 19.1 Å². The molecule has 1 aromatic carbocycles. The Kier molecular flexibility index (Phi) is 5.04. The first kappa shape index (κ1) is 17.6. The molecule has 26 heavy (non-hydrogen) atoms. The van der Waals surface area contributed by atoms with E-state index in [2.05, 4.69) is 6.58 Å². The summed E-state index contributed by atoms with van der Waals surface area (Å²) in [6.45, 7) is 8.97. The average molecular weight is 364 g/mol. The second kappa shape index (κ2) is 7.44. The Bertz CT molecular complexity index is 625. The molecule has 0 amide bonds. The van der Waals surface area contributed by atoms with Gasteiger partial charge in [-0.05, 0) is 30.2 Å². The van der Waals surface area contributed by atoms with Gasteiger partial charge in [-0.1, -0.05) is 6.58 Å². The fourth-order valence-electron chi connectivity index (χ4n) is 2.43. The summed E-state index contributed by atoms with van der Waals surface area (Å²) in [6, 6.07) is 3.54. The molecule has 3 saturated heterocycles. The summed E-state index contributed by atoms with van der Waals surface area (Å²) < 4.78 is 33.4. The van der Waals surface area contributed by atoms with Crippen LogP contribution in [0.1, 0.15) is 18.6 Å². The number of hydrogen-bond donors (Lipinski definition) is 1. The van der Waals surface area contributed by atoms with Crippen LogP contribution in [0.4, 0.5) is 0 Å². The third-order valence-electron chi connectivity index (χ3n) is 4.30. The molecule has 0 spiro atoms. The fraction of sp³-hybridized carbons (Fsp3) is 0.579. The van der Waals surface area contributed by atoms with E-state index < -0.39 is 6.10 Å². The van der Waals surface area contributed by atoms with E-state index in [1.807, 2.05) is 0 Å². The highest BCUT2D eigenvalue weighted by molar-refractivity contribution is 5.55. The molecule has 3 aliphatic heterocycles. The van der Waals surface area contributed by atoms with Crippen molar-refractivity contribution in [3.8, 4) is 17.2 Å². The molecule has 142 valence electrons. The van der Waals surface area contributed by atoms with Gasteiger partial charge in [-0.15, -0.1) is 0 Å². The third-order valence-corrected chi connectivity index (χ3v) is 4.30. The average Bonchev–Trinajstić information content (AvgIpc) is 3.48. The van der Waals surface area contributed by atoms with E-state index in [-0.39, 0.29) is 18.3 Å². The van der Waals surface area contributed by atoms with Crippen LogP contribution < -0.4 is 14.2 Å². The van der Waals surface area contributed by atoms with Gasteiger partial charge in [0.15, 0.2) is 11.5 Å². The second-order valence-corrected chi connectivity index (χ2v) is 6.89. The van der Waals surface area contributed by atoms with Crippen LogP contribution in [0.3, 0.4) is 0 Å². The Morgan fingerprint density at radius 3 is 1.81 bits per heavy atom. The van der Waals surface area contributed by atoms with Crippen molar-refractivity contribution in [1.82, 2.24) is 0 Å². The number of benzene rings is 1. The van der Waals surface area contributed by atoms with Crippen molar-refractivity contribution >= 4 is 0 Å². The maximum atomic E-state index is 10.4. The third kappa shape index (κ3) is 4.67. The van der Waals surface area contributed by atoms with Gasteiger partial charge in [0, 0.05) is 0 Å². The van der Waals surface area contributed by atoms with E-state index in [9.17, 15) is 5.11 Å². The standard InChI is InChI=1S/C19H24O7/c1-11(2)18(20)12-3-16(24-8-13-5-21-13)19(26-10-15-7-23-15)17(4-12)25-9-14-6-22-14/h3-4,13-15,18,20H,1,5-10H2,2H3. The van der Waals surface area contributed by atoms with Crippen LogP contribution in [-0.4, -0.2) is 63.1 Å². The van der Waals surface area contributed by atoms with Crippen LogP contribution in [0.5, 0.6) is 17.2 Å². The van der Waals surface area contributed by atoms with Crippen LogP contribution in [0.2, 0.25) is 0 Å². The molecule has 3 aliphatic rings. The van der Waals surface area contributed by atoms with Gasteiger partial charge in [-0.2, -0.15) is 0 Å². The summed E-state index contributed by atoms with van der Waals surface area (Å²) in [5.41, 5.74) is 1.28. The van der Waals surface area contributed by atoms with E-state index >= 15 is 0 Å². The zero-order valence-corrected chi connectivity index (χ0v) is 14.8. The van der Waals surface area contributed by atoms with Gasteiger partial charge in [-0.3, -0.25) is 0 Å². The Hall–Kier alpha value is -1.80. The van der Waals surface area contributed by atoms with Gasteiger partial charge in [0.05, 0.1) is 25.9 Å². The lowest BCUT2D eigenvalue weighted by Gasteiger charge is -2.20. The van der Waals surface area contributed by atoms with Crippen LogP contribution in [0.15, 0.2) is 24.3 Å². The maximum Gasteiger partial charge on any atom is 0.203 e. The molecule has 4 atom stereocenters. The topological polar surface area (TPSA) is 85.5 Å². The second-order valence-electron chi connectivity index (χ2n) is 6.89. The highest BCUT2D eigenvalue weighted by atomic mass is 16.6. The van der Waals surface area contributed by atoms with Gasteiger partial charge >= 0.3 is 0 Å². The first-order valence-electron chi connectivity index (χ1n) is 8.84. The van der Waals surface area contributed by atoms with Crippen molar-refractivity contribution < 1.29 is 33.5 Å². The number of ether oxygens (including phenoxy) is 6. The Balaban J connectivity index is 1.60.